The quantitative estimate of drug-likeness (QED) is 0.345. The number of rotatable bonds is 9. The van der Waals surface area contributed by atoms with Gasteiger partial charge in [-0.15, -0.1) is 0 Å². The zero-order valence-corrected chi connectivity index (χ0v) is 12.4. The van der Waals surface area contributed by atoms with Crippen LogP contribution in [0.1, 0.15) is 58.3 Å². The average molecular weight is 283 g/mol. The van der Waals surface area contributed by atoms with Crippen molar-refractivity contribution in [2.75, 3.05) is 0 Å². The van der Waals surface area contributed by atoms with Crippen LogP contribution in [-0.2, 0) is 4.79 Å². The number of hydrogen-bond donors (Lipinski definition) is 0. The predicted molar refractivity (Wildman–Crippen MR) is 79.7 cm³/mol. The lowest BCUT2D eigenvalue weighted by Crippen LogP contribution is -2.07. The zero-order chi connectivity index (χ0) is 13.9. The molecule has 1 rings (SSSR count). The second-order valence-corrected chi connectivity index (χ2v) is 5.18. The first-order chi connectivity index (χ1) is 9.24. The summed E-state index contributed by atoms with van der Waals surface area (Å²) >= 11 is 5.92. The van der Waals surface area contributed by atoms with Crippen molar-refractivity contribution >= 4 is 17.6 Å². The van der Waals surface area contributed by atoms with E-state index in [-0.39, 0.29) is 5.97 Å². The van der Waals surface area contributed by atoms with Gasteiger partial charge in [-0.05, 0) is 18.6 Å². The van der Waals surface area contributed by atoms with Gasteiger partial charge in [0.2, 0.25) is 0 Å². The minimum atomic E-state index is -0.193. The van der Waals surface area contributed by atoms with E-state index in [1.807, 2.05) is 12.1 Å². The highest BCUT2D eigenvalue weighted by molar-refractivity contribution is 6.32. The SMILES string of the molecule is CCCCCCCCCC(=O)Oc1ccccc1Cl. The second-order valence-electron chi connectivity index (χ2n) is 4.78. The molecule has 1 aromatic rings. The van der Waals surface area contributed by atoms with Gasteiger partial charge in [-0.3, -0.25) is 4.79 Å². The Bertz CT molecular complexity index is 377. The lowest BCUT2D eigenvalue weighted by atomic mass is 10.1. The molecule has 0 aromatic heterocycles. The van der Waals surface area contributed by atoms with Crippen molar-refractivity contribution in [2.45, 2.75) is 58.3 Å². The lowest BCUT2D eigenvalue weighted by molar-refractivity contribution is -0.134. The number of hydrogen-bond acceptors (Lipinski definition) is 2. The molecule has 0 aliphatic rings. The molecular weight excluding hydrogens is 260 g/mol. The summed E-state index contributed by atoms with van der Waals surface area (Å²) in [5.41, 5.74) is 0. The molecule has 0 spiro atoms. The van der Waals surface area contributed by atoms with Crippen LogP contribution < -0.4 is 4.74 Å². The number of esters is 1. The van der Waals surface area contributed by atoms with Gasteiger partial charge in [-0.2, -0.15) is 0 Å². The van der Waals surface area contributed by atoms with Gasteiger partial charge in [0.25, 0.3) is 0 Å². The van der Waals surface area contributed by atoms with Gasteiger partial charge >= 0.3 is 5.97 Å². The van der Waals surface area contributed by atoms with Crippen LogP contribution in [0.3, 0.4) is 0 Å². The zero-order valence-electron chi connectivity index (χ0n) is 11.7. The molecule has 0 saturated carbocycles. The molecule has 0 bridgehead atoms. The maximum absolute atomic E-state index is 11.6. The topological polar surface area (TPSA) is 26.3 Å². The van der Waals surface area contributed by atoms with Crippen molar-refractivity contribution in [3.63, 3.8) is 0 Å². The normalized spacial score (nSPS) is 10.4. The van der Waals surface area contributed by atoms with Crippen LogP contribution in [0.25, 0.3) is 0 Å². The molecule has 0 amide bonds. The van der Waals surface area contributed by atoms with Crippen molar-refractivity contribution in [2.24, 2.45) is 0 Å². The Labute approximate surface area is 121 Å². The fourth-order valence-corrected chi connectivity index (χ4v) is 2.10. The number of para-hydroxylation sites is 1. The molecule has 0 radical (unpaired) electrons. The fourth-order valence-electron chi connectivity index (χ4n) is 1.93. The van der Waals surface area contributed by atoms with Crippen LogP contribution in [0.4, 0.5) is 0 Å². The molecule has 3 heteroatoms. The Balaban J connectivity index is 2.10. The molecule has 0 N–H and O–H groups in total. The number of ether oxygens (including phenoxy) is 1. The molecule has 2 nitrogen and oxygen atoms in total. The van der Waals surface area contributed by atoms with Crippen LogP contribution in [0.2, 0.25) is 5.02 Å². The molecule has 0 aliphatic carbocycles. The van der Waals surface area contributed by atoms with Crippen molar-refractivity contribution in [3.05, 3.63) is 29.3 Å². The molecule has 0 atom stereocenters. The number of carbonyl (C=O) groups excluding carboxylic acids is 1. The Hall–Kier alpha value is -1.02. The molecule has 0 saturated heterocycles. The van der Waals surface area contributed by atoms with E-state index in [9.17, 15) is 4.79 Å². The third kappa shape index (κ3) is 7.22. The molecule has 19 heavy (non-hydrogen) atoms. The summed E-state index contributed by atoms with van der Waals surface area (Å²) in [6, 6.07) is 7.06. The Morgan fingerprint density at radius 1 is 1.05 bits per heavy atom. The molecule has 0 heterocycles. The molecule has 1 aromatic carbocycles. The van der Waals surface area contributed by atoms with Gasteiger partial charge < -0.3 is 4.74 Å². The van der Waals surface area contributed by atoms with E-state index >= 15 is 0 Å². The summed E-state index contributed by atoms with van der Waals surface area (Å²) in [6.07, 6.45) is 8.84. The summed E-state index contributed by atoms with van der Waals surface area (Å²) in [5.74, 6) is 0.263. The maximum atomic E-state index is 11.6. The number of benzene rings is 1. The Kier molecular flexibility index (Phi) is 8.31. The third-order valence-electron chi connectivity index (χ3n) is 3.04. The first-order valence-corrected chi connectivity index (χ1v) is 7.57. The number of halogens is 1. The number of carbonyl (C=O) groups is 1. The van der Waals surface area contributed by atoms with E-state index < -0.39 is 0 Å². The fraction of sp³-hybridized carbons (Fsp3) is 0.562. The molecule has 0 aliphatic heterocycles. The van der Waals surface area contributed by atoms with Gasteiger partial charge in [0.05, 0.1) is 5.02 Å². The number of unbranched alkanes of at least 4 members (excludes halogenated alkanes) is 6. The largest absolute Gasteiger partial charge is 0.425 e. The van der Waals surface area contributed by atoms with E-state index in [0.717, 1.165) is 12.8 Å². The summed E-state index contributed by atoms with van der Waals surface area (Å²) in [7, 11) is 0. The first-order valence-electron chi connectivity index (χ1n) is 7.19. The minimum Gasteiger partial charge on any atom is -0.425 e. The average Bonchev–Trinajstić information content (AvgIpc) is 2.40. The van der Waals surface area contributed by atoms with Crippen LogP contribution in [-0.4, -0.2) is 5.97 Å². The predicted octanol–water partition coefficient (Wildman–Crippen LogP) is 5.39. The second kappa shape index (κ2) is 9.85. The van der Waals surface area contributed by atoms with Crippen LogP contribution in [0, 0.1) is 0 Å². The van der Waals surface area contributed by atoms with Crippen molar-refractivity contribution < 1.29 is 9.53 Å². The minimum absolute atomic E-state index is 0.193. The lowest BCUT2D eigenvalue weighted by Gasteiger charge is -2.05. The van der Waals surface area contributed by atoms with Crippen LogP contribution >= 0.6 is 11.6 Å². The van der Waals surface area contributed by atoms with Gasteiger partial charge in [0.15, 0.2) is 0 Å². The highest BCUT2D eigenvalue weighted by Crippen LogP contribution is 2.23. The standard InChI is InChI=1S/C16H23ClO2/c1-2-3-4-5-6-7-8-13-16(18)19-15-12-10-9-11-14(15)17/h9-12H,2-8,13H2,1H3. The van der Waals surface area contributed by atoms with E-state index in [1.54, 1.807) is 12.1 Å². The summed E-state index contributed by atoms with van der Waals surface area (Å²) in [5, 5.41) is 0.482. The highest BCUT2D eigenvalue weighted by atomic mass is 35.5. The van der Waals surface area contributed by atoms with Gasteiger partial charge in [-0.1, -0.05) is 69.2 Å². The van der Waals surface area contributed by atoms with E-state index in [0.29, 0.717) is 17.2 Å². The molecule has 106 valence electrons. The molecule has 0 fully saturated rings. The monoisotopic (exact) mass is 282 g/mol. The smallest absolute Gasteiger partial charge is 0.311 e. The van der Waals surface area contributed by atoms with Gasteiger partial charge in [0, 0.05) is 6.42 Å². The Morgan fingerprint density at radius 3 is 2.37 bits per heavy atom. The van der Waals surface area contributed by atoms with Crippen molar-refractivity contribution in [1.29, 1.82) is 0 Å². The van der Waals surface area contributed by atoms with Crippen molar-refractivity contribution in [3.8, 4) is 5.75 Å². The van der Waals surface area contributed by atoms with Crippen LogP contribution in [0.5, 0.6) is 5.75 Å². The van der Waals surface area contributed by atoms with E-state index in [1.165, 1.54) is 32.1 Å². The van der Waals surface area contributed by atoms with E-state index in [2.05, 4.69) is 6.92 Å². The Morgan fingerprint density at radius 2 is 1.68 bits per heavy atom. The van der Waals surface area contributed by atoms with E-state index in [4.69, 9.17) is 16.3 Å². The van der Waals surface area contributed by atoms with Gasteiger partial charge in [0.1, 0.15) is 5.75 Å². The maximum Gasteiger partial charge on any atom is 0.311 e. The third-order valence-corrected chi connectivity index (χ3v) is 3.36. The first kappa shape index (κ1) is 16.0. The summed E-state index contributed by atoms with van der Waals surface area (Å²) in [6.45, 7) is 2.21. The highest BCUT2D eigenvalue weighted by Gasteiger charge is 2.07. The molecule has 0 unspecified atom stereocenters. The molecular formula is C16H23ClO2. The van der Waals surface area contributed by atoms with Gasteiger partial charge in [-0.25, -0.2) is 0 Å². The van der Waals surface area contributed by atoms with Crippen molar-refractivity contribution in [1.82, 2.24) is 0 Å². The summed E-state index contributed by atoms with van der Waals surface area (Å²) < 4.78 is 5.22. The van der Waals surface area contributed by atoms with Crippen LogP contribution in [0.15, 0.2) is 24.3 Å². The summed E-state index contributed by atoms with van der Waals surface area (Å²) in [4.78, 5) is 11.6.